The lowest BCUT2D eigenvalue weighted by atomic mass is 10.1. The van der Waals surface area contributed by atoms with Gasteiger partial charge in [-0.25, -0.2) is 0 Å². The second-order valence-corrected chi connectivity index (χ2v) is 2.83. The zero-order valence-electron chi connectivity index (χ0n) is 5.46. The van der Waals surface area contributed by atoms with Gasteiger partial charge in [-0.3, -0.25) is 0 Å². The molecule has 0 heterocycles. The number of hydrogen-bond donors (Lipinski definition) is 0. The number of benzene rings is 1. The van der Waals surface area contributed by atoms with Crippen molar-refractivity contribution in [2.45, 2.75) is 13.8 Å². The first kappa shape index (κ1) is 6.81. The van der Waals surface area contributed by atoms with Gasteiger partial charge >= 0.3 is 0 Å². The Labute approximate surface area is 64.0 Å². The average Bonchev–Trinajstić information content (AvgIpc) is 1.83. The quantitative estimate of drug-likeness (QED) is 0.580. The van der Waals surface area contributed by atoms with E-state index in [9.17, 15) is 0 Å². The van der Waals surface area contributed by atoms with E-state index in [0.29, 0.717) is 0 Å². The maximum atomic E-state index is 3.36. The summed E-state index contributed by atoms with van der Waals surface area (Å²) in [5.41, 5.74) is 2.49. The lowest BCUT2D eigenvalue weighted by molar-refractivity contribution is 1.31. The van der Waals surface area contributed by atoms with E-state index < -0.39 is 0 Å². The van der Waals surface area contributed by atoms with Crippen LogP contribution < -0.4 is 0 Å². The van der Waals surface area contributed by atoms with Crippen LogP contribution in [0.15, 0.2) is 10.5 Å². The minimum absolute atomic E-state index is 1.02. The largest absolute Gasteiger partial charge is 0.0504 e. The van der Waals surface area contributed by atoms with Crippen molar-refractivity contribution in [3.63, 3.8) is 0 Å². The molecule has 0 unspecified atom stereocenters. The molecule has 46 valence electrons. The molecule has 0 aliphatic carbocycles. The molecule has 1 heteroatoms. The van der Waals surface area contributed by atoms with Gasteiger partial charge in [0.25, 0.3) is 0 Å². The summed E-state index contributed by atoms with van der Waals surface area (Å²) >= 11 is 3.36. The smallest absolute Gasteiger partial charge is 0.0292 e. The number of halogens is 1. The molecular formula is C8H7Br. The second kappa shape index (κ2) is 2.53. The van der Waals surface area contributed by atoms with Crippen molar-refractivity contribution in [2.24, 2.45) is 0 Å². The Morgan fingerprint density at radius 2 is 2.11 bits per heavy atom. The first-order chi connectivity index (χ1) is 4.22. The monoisotopic (exact) mass is 182 g/mol. The van der Waals surface area contributed by atoms with Gasteiger partial charge in [0.2, 0.25) is 0 Å². The number of rotatable bonds is 0. The maximum absolute atomic E-state index is 3.36. The molecule has 0 spiro atoms. The molecule has 1 rings (SSSR count). The molecule has 0 atom stereocenters. The van der Waals surface area contributed by atoms with Gasteiger partial charge in [-0.05, 0) is 47.0 Å². The summed E-state index contributed by atoms with van der Waals surface area (Å²) in [5, 5.41) is 0. The molecule has 0 saturated heterocycles. The van der Waals surface area contributed by atoms with E-state index in [1.165, 1.54) is 11.1 Å². The number of aryl methyl sites for hydroxylation is 1. The molecular weight excluding hydrogens is 176 g/mol. The van der Waals surface area contributed by atoms with Crippen LogP contribution in [0.25, 0.3) is 0 Å². The van der Waals surface area contributed by atoms with Gasteiger partial charge in [-0.1, -0.05) is 6.07 Å². The van der Waals surface area contributed by atoms with Crippen molar-refractivity contribution in [3.8, 4) is 0 Å². The average molecular weight is 183 g/mol. The summed E-state index contributed by atoms with van der Waals surface area (Å²) in [4.78, 5) is 0. The van der Waals surface area contributed by atoms with Crippen LogP contribution in [0.3, 0.4) is 0 Å². The normalized spacial score (nSPS) is 9.67. The van der Waals surface area contributed by atoms with Crippen LogP contribution in [0, 0.1) is 26.0 Å². The van der Waals surface area contributed by atoms with Crippen molar-refractivity contribution in [2.75, 3.05) is 0 Å². The van der Waals surface area contributed by atoms with E-state index in [1.807, 2.05) is 6.07 Å². The topological polar surface area (TPSA) is 0 Å². The van der Waals surface area contributed by atoms with Gasteiger partial charge in [0.1, 0.15) is 0 Å². The summed E-state index contributed by atoms with van der Waals surface area (Å²) in [6, 6.07) is 7.76. The van der Waals surface area contributed by atoms with Crippen LogP contribution in [0.1, 0.15) is 11.1 Å². The van der Waals surface area contributed by atoms with Gasteiger partial charge < -0.3 is 0 Å². The van der Waals surface area contributed by atoms with Gasteiger partial charge in [-0.2, -0.15) is 0 Å². The van der Waals surface area contributed by atoms with Crippen LogP contribution >= 0.6 is 15.9 Å². The third-order valence-corrected chi connectivity index (χ3v) is 2.18. The molecule has 2 radical (unpaired) electrons. The molecule has 0 nitrogen and oxygen atoms in total. The molecule has 0 amide bonds. The summed E-state index contributed by atoms with van der Waals surface area (Å²) < 4.78 is 1.02. The molecule has 0 N–H and O–H groups in total. The Bertz CT molecular complexity index is 196. The third-order valence-electron chi connectivity index (χ3n) is 1.39. The van der Waals surface area contributed by atoms with E-state index in [2.05, 4.69) is 41.9 Å². The van der Waals surface area contributed by atoms with Crippen molar-refractivity contribution < 1.29 is 0 Å². The third kappa shape index (κ3) is 1.33. The second-order valence-electron chi connectivity index (χ2n) is 2.04. The predicted octanol–water partition coefficient (Wildman–Crippen LogP) is 2.67. The Kier molecular flexibility index (Phi) is 1.91. The van der Waals surface area contributed by atoms with Crippen molar-refractivity contribution in [1.82, 2.24) is 0 Å². The standard InChI is InChI=1S/C8H7Br/c1-6-4-3-5-8(9)7(6)2/h4H,1-2H3. The Morgan fingerprint density at radius 3 is 2.56 bits per heavy atom. The Balaban J connectivity index is 3.25. The van der Waals surface area contributed by atoms with Crippen LogP contribution in [0.2, 0.25) is 0 Å². The minimum Gasteiger partial charge on any atom is -0.0504 e. The fourth-order valence-electron chi connectivity index (χ4n) is 0.583. The van der Waals surface area contributed by atoms with Crippen LogP contribution in [0.4, 0.5) is 0 Å². The zero-order chi connectivity index (χ0) is 6.85. The highest BCUT2D eigenvalue weighted by Gasteiger charge is 1.94. The minimum atomic E-state index is 1.02. The number of hydrogen-bond acceptors (Lipinski definition) is 0. The maximum Gasteiger partial charge on any atom is 0.0292 e. The fourth-order valence-corrected chi connectivity index (χ4v) is 1.01. The van der Waals surface area contributed by atoms with Gasteiger partial charge in [0.05, 0.1) is 0 Å². The summed E-state index contributed by atoms with van der Waals surface area (Å²) in [7, 11) is 0. The van der Waals surface area contributed by atoms with Gasteiger partial charge in [-0.15, -0.1) is 0 Å². The molecule has 0 saturated carbocycles. The molecule has 0 bridgehead atoms. The molecule has 9 heavy (non-hydrogen) atoms. The highest BCUT2D eigenvalue weighted by atomic mass is 79.9. The summed E-state index contributed by atoms with van der Waals surface area (Å²) in [5.74, 6) is 0. The SMILES string of the molecule is Cc1c[c][c]c(Br)c1C. The van der Waals surface area contributed by atoms with Gasteiger partial charge in [0.15, 0.2) is 0 Å². The molecule has 0 fully saturated rings. The van der Waals surface area contributed by atoms with E-state index in [4.69, 9.17) is 0 Å². The van der Waals surface area contributed by atoms with Crippen molar-refractivity contribution >= 4 is 15.9 Å². The van der Waals surface area contributed by atoms with E-state index in [-0.39, 0.29) is 0 Å². The molecule has 0 aliphatic heterocycles. The fraction of sp³-hybridized carbons (Fsp3) is 0.250. The molecule has 1 aromatic carbocycles. The molecule has 0 aliphatic rings. The zero-order valence-corrected chi connectivity index (χ0v) is 7.04. The van der Waals surface area contributed by atoms with Crippen LogP contribution in [-0.4, -0.2) is 0 Å². The molecule has 1 aromatic rings. The predicted molar refractivity (Wildman–Crippen MR) is 41.3 cm³/mol. The highest BCUT2D eigenvalue weighted by molar-refractivity contribution is 9.10. The van der Waals surface area contributed by atoms with Crippen LogP contribution in [0.5, 0.6) is 0 Å². The van der Waals surface area contributed by atoms with E-state index in [0.717, 1.165) is 4.47 Å². The summed E-state index contributed by atoms with van der Waals surface area (Å²) in [6.07, 6.45) is 0. The molecule has 0 aromatic heterocycles. The van der Waals surface area contributed by atoms with Gasteiger partial charge in [0, 0.05) is 10.5 Å². The Hall–Kier alpha value is -0.300. The summed E-state index contributed by atoms with van der Waals surface area (Å²) in [6.45, 7) is 4.12. The lowest BCUT2D eigenvalue weighted by Crippen LogP contribution is -1.80. The first-order valence-electron chi connectivity index (χ1n) is 2.77. The van der Waals surface area contributed by atoms with E-state index in [1.54, 1.807) is 0 Å². The van der Waals surface area contributed by atoms with Crippen molar-refractivity contribution in [3.05, 3.63) is 33.8 Å². The highest BCUT2D eigenvalue weighted by Crippen LogP contribution is 2.16. The Morgan fingerprint density at radius 1 is 1.44 bits per heavy atom. The van der Waals surface area contributed by atoms with Crippen LogP contribution in [-0.2, 0) is 0 Å². The van der Waals surface area contributed by atoms with Crippen molar-refractivity contribution in [1.29, 1.82) is 0 Å². The first-order valence-corrected chi connectivity index (χ1v) is 3.56. The lowest BCUT2D eigenvalue weighted by Gasteiger charge is -1.98. The van der Waals surface area contributed by atoms with E-state index >= 15 is 0 Å².